The van der Waals surface area contributed by atoms with Gasteiger partial charge >= 0.3 is 0 Å². The van der Waals surface area contributed by atoms with Crippen molar-refractivity contribution in [2.24, 2.45) is 0 Å². The van der Waals surface area contributed by atoms with Crippen molar-refractivity contribution in [3.8, 4) is 0 Å². The van der Waals surface area contributed by atoms with Gasteiger partial charge < -0.3 is 14.6 Å². The zero-order valence-electron chi connectivity index (χ0n) is 8.94. The van der Waals surface area contributed by atoms with Crippen LogP contribution in [0.4, 0.5) is 0 Å². The summed E-state index contributed by atoms with van der Waals surface area (Å²) in [5.41, 5.74) is 0. The van der Waals surface area contributed by atoms with E-state index in [1.807, 2.05) is 17.6 Å². The molecule has 1 fully saturated rings. The number of allylic oxidation sites excluding steroid dienone is 1. The molecular weight excluding hydrogens is 192 g/mol. The van der Waals surface area contributed by atoms with E-state index in [0.717, 1.165) is 37.9 Å². The molecule has 0 amide bonds. The van der Waals surface area contributed by atoms with Crippen LogP contribution in [-0.2, 0) is 11.3 Å². The highest BCUT2D eigenvalue weighted by atomic mass is 16.5. The maximum absolute atomic E-state index is 5.64. The van der Waals surface area contributed by atoms with Crippen molar-refractivity contribution in [1.82, 2.24) is 20.1 Å². The van der Waals surface area contributed by atoms with Gasteiger partial charge in [-0.25, -0.2) is 0 Å². The number of hydrogen-bond donors (Lipinski definition) is 1. The Labute approximate surface area is 89.1 Å². The van der Waals surface area contributed by atoms with Gasteiger partial charge in [-0.1, -0.05) is 6.08 Å². The number of ether oxygens (including phenoxy) is 1. The van der Waals surface area contributed by atoms with Gasteiger partial charge in [0.05, 0.1) is 6.61 Å². The lowest BCUT2D eigenvalue weighted by Gasteiger charge is -2.23. The predicted octanol–water partition coefficient (Wildman–Crippen LogP) is 0.433. The van der Waals surface area contributed by atoms with Crippen molar-refractivity contribution in [3.63, 3.8) is 0 Å². The molecule has 0 aliphatic carbocycles. The normalized spacial score (nSPS) is 21.5. The number of aryl methyl sites for hydroxylation is 1. The maximum atomic E-state index is 5.64. The number of rotatable bonds is 3. The van der Waals surface area contributed by atoms with Crippen LogP contribution in [-0.4, -0.2) is 34.5 Å². The monoisotopic (exact) mass is 208 g/mol. The van der Waals surface area contributed by atoms with E-state index >= 15 is 0 Å². The van der Waals surface area contributed by atoms with Gasteiger partial charge in [0.2, 0.25) is 0 Å². The van der Waals surface area contributed by atoms with Crippen LogP contribution >= 0.6 is 0 Å². The topological polar surface area (TPSA) is 52.0 Å². The number of hydrogen-bond acceptors (Lipinski definition) is 4. The minimum Gasteiger partial charge on any atom is -0.368 e. The highest BCUT2D eigenvalue weighted by Gasteiger charge is 2.22. The van der Waals surface area contributed by atoms with Crippen molar-refractivity contribution in [1.29, 1.82) is 0 Å². The van der Waals surface area contributed by atoms with Gasteiger partial charge in [-0.05, 0) is 6.92 Å². The molecule has 15 heavy (non-hydrogen) atoms. The first-order valence-corrected chi connectivity index (χ1v) is 5.16. The number of aromatic nitrogens is 3. The Hall–Kier alpha value is -1.20. The molecule has 1 aromatic heterocycles. The quantitative estimate of drug-likeness (QED) is 0.732. The molecule has 1 saturated heterocycles. The zero-order valence-corrected chi connectivity index (χ0v) is 8.94. The summed E-state index contributed by atoms with van der Waals surface area (Å²) in [6.45, 7) is 8.84. The van der Waals surface area contributed by atoms with Gasteiger partial charge in [-0.15, -0.1) is 16.8 Å². The number of morpholine rings is 1. The zero-order chi connectivity index (χ0) is 10.7. The van der Waals surface area contributed by atoms with Gasteiger partial charge in [0.15, 0.2) is 5.82 Å². The molecule has 1 aliphatic rings. The third kappa shape index (κ3) is 2.08. The van der Waals surface area contributed by atoms with Crippen LogP contribution in [0.25, 0.3) is 0 Å². The number of nitrogens with one attached hydrogen (secondary N) is 1. The molecule has 1 atom stereocenters. The van der Waals surface area contributed by atoms with E-state index in [0.29, 0.717) is 0 Å². The van der Waals surface area contributed by atoms with Gasteiger partial charge in [-0.2, -0.15) is 0 Å². The van der Waals surface area contributed by atoms with Crippen LogP contribution in [0.3, 0.4) is 0 Å². The average molecular weight is 208 g/mol. The summed E-state index contributed by atoms with van der Waals surface area (Å²) in [4.78, 5) is 0. The summed E-state index contributed by atoms with van der Waals surface area (Å²) < 4.78 is 7.68. The van der Waals surface area contributed by atoms with Crippen LogP contribution in [0.2, 0.25) is 0 Å². The molecule has 5 heteroatoms. The lowest BCUT2D eigenvalue weighted by atomic mass is 10.3. The highest BCUT2D eigenvalue weighted by molar-refractivity contribution is 5.01. The van der Waals surface area contributed by atoms with Crippen molar-refractivity contribution in [2.45, 2.75) is 19.6 Å². The van der Waals surface area contributed by atoms with Crippen LogP contribution in [0, 0.1) is 6.92 Å². The van der Waals surface area contributed by atoms with Crippen LogP contribution in [0.5, 0.6) is 0 Å². The molecule has 1 aromatic rings. The first-order chi connectivity index (χ1) is 7.33. The lowest BCUT2D eigenvalue weighted by Crippen LogP contribution is -2.34. The lowest BCUT2D eigenvalue weighted by molar-refractivity contribution is 0.0199. The molecule has 1 N–H and O–H groups in total. The summed E-state index contributed by atoms with van der Waals surface area (Å²) in [6, 6.07) is 0. The molecule has 0 bridgehead atoms. The molecule has 1 aliphatic heterocycles. The smallest absolute Gasteiger partial charge is 0.163 e. The second kappa shape index (κ2) is 4.55. The van der Waals surface area contributed by atoms with Gasteiger partial charge in [0, 0.05) is 19.6 Å². The molecular formula is C10H16N4O. The number of nitrogens with zero attached hydrogens (tertiary/aromatic N) is 3. The Kier molecular flexibility index (Phi) is 3.13. The molecule has 0 radical (unpaired) electrons. The average Bonchev–Trinajstić information content (AvgIpc) is 2.63. The van der Waals surface area contributed by atoms with Crippen LogP contribution in [0.1, 0.15) is 17.8 Å². The molecule has 0 spiro atoms. The van der Waals surface area contributed by atoms with Gasteiger partial charge in [-0.3, -0.25) is 0 Å². The molecule has 0 aromatic carbocycles. The first kappa shape index (κ1) is 10.3. The Morgan fingerprint density at radius 3 is 3.20 bits per heavy atom. The Bertz CT molecular complexity index is 341. The Balaban J connectivity index is 2.21. The minimum atomic E-state index is 0.0138. The van der Waals surface area contributed by atoms with Crippen molar-refractivity contribution < 1.29 is 4.74 Å². The molecule has 82 valence electrons. The predicted molar refractivity (Wildman–Crippen MR) is 56.5 cm³/mol. The highest BCUT2D eigenvalue weighted by Crippen LogP contribution is 2.17. The fourth-order valence-corrected chi connectivity index (χ4v) is 1.72. The van der Waals surface area contributed by atoms with E-state index in [4.69, 9.17) is 4.74 Å². The van der Waals surface area contributed by atoms with Crippen molar-refractivity contribution >= 4 is 0 Å². The minimum absolute atomic E-state index is 0.0138. The van der Waals surface area contributed by atoms with E-state index < -0.39 is 0 Å². The molecule has 5 nitrogen and oxygen atoms in total. The summed E-state index contributed by atoms with van der Waals surface area (Å²) >= 11 is 0. The Morgan fingerprint density at radius 1 is 1.67 bits per heavy atom. The van der Waals surface area contributed by atoms with E-state index in [2.05, 4.69) is 22.1 Å². The molecule has 1 unspecified atom stereocenters. The second-order valence-electron chi connectivity index (χ2n) is 3.57. The fourth-order valence-electron chi connectivity index (χ4n) is 1.72. The summed E-state index contributed by atoms with van der Waals surface area (Å²) in [5.74, 6) is 1.79. The van der Waals surface area contributed by atoms with Crippen LogP contribution < -0.4 is 5.32 Å². The van der Waals surface area contributed by atoms with E-state index in [1.54, 1.807) is 0 Å². The third-order valence-electron chi connectivity index (χ3n) is 2.49. The summed E-state index contributed by atoms with van der Waals surface area (Å²) in [7, 11) is 0. The van der Waals surface area contributed by atoms with Gasteiger partial charge in [0.1, 0.15) is 11.9 Å². The second-order valence-corrected chi connectivity index (χ2v) is 3.57. The van der Waals surface area contributed by atoms with E-state index in [9.17, 15) is 0 Å². The van der Waals surface area contributed by atoms with Crippen molar-refractivity contribution in [2.75, 3.05) is 19.7 Å². The van der Waals surface area contributed by atoms with Crippen molar-refractivity contribution in [3.05, 3.63) is 24.3 Å². The fraction of sp³-hybridized carbons (Fsp3) is 0.600. The van der Waals surface area contributed by atoms with Crippen LogP contribution in [0.15, 0.2) is 12.7 Å². The van der Waals surface area contributed by atoms with E-state index in [-0.39, 0.29) is 6.10 Å². The summed E-state index contributed by atoms with van der Waals surface area (Å²) in [5, 5.41) is 11.5. The summed E-state index contributed by atoms with van der Waals surface area (Å²) in [6.07, 6.45) is 1.86. The SMILES string of the molecule is C=CCn1c(C)nnc1C1CNCCO1. The molecule has 2 heterocycles. The molecule has 0 saturated carbocycles. The molecule has 2 rings (SSSR count). The maximum Gasteiger partial charge on any atom is 0.163 e. The van der Waals surface area contributed by atoms with Gasteiger partial charge in [0.25, 0.3) is 0 Å². The third-order valence-corrected chi connectivity index (χ3v) is 2.49. The standard InChI is InChI=1S/C10H16N4O/c1-3-5-14-8(2)12-13-10(14)9-7-11-4-6-15-9/h3,9,11H,1,4-7H2,2H3. The largest absolute Gasteiger partial charge is 0.368 e. The first-order valence-electron chi connectivity index (χ1n) is 5.16. The van der Waals surface area contributed by atoms with E-state index in [1.165, 1.54) is 0 Å². The Morgan fingerprint density at radius 2 is 2.53 bits per heavy atom.